The average molecular weight is 334 g/mol. The Morgan fingerprint density at radius 2 is 1.91 bits per heavy atom. The van der Waals surface area contributed by atoms with E-state index in [0.717, 1.165) is 24.2 Å². The third-order valence-corrected chi connectivity index (χ3v) is 4.03. The van der Waals surface area contributed by atoms with Crippen molar-refractivity contribution in [2.75, 3.05) is 12.8 Å². The molecular weight excluding hydrogens is 314 g/mol. The van der Waals surface area contributed by atoms with Crippen LogP contribution in [0.25, 0.3) is 0 Å². The van der Waals surface area contributed by atoms with Gasteiger partial charge in [-0.1, -0.05) is 12.1 Å². The summed E-state index contributed by atoms with van der Waals surface area (Å²) >= 11 is 0. The van der Waals surface area contributed by atoms with Crippen molar-refractivity contribution >= 4 is 24.1 Å². The maximum atomic E-state index is 11.7. The maximum absolute atomic E-state index is 11.7. The zero-order chi connectivity index (χ0) is 15.5. The molecule has 0 aliphatic heterocycles. The number of nitrogen functional groups attached to an aromatic ring is 1. The fourth-order valence-electron chi connectivity index (χ4n) is 2.88. The maximum Gasteiger partial charge on any atom is 0.309 e. The second-order valence-corrected chi connectivity index (χ2v) is 5.57. The van der Waals surface area contributed by atoms with Crippen molar-refractivity contribution in [2.24, 2.45) is 5.92 Å². The minimum Gasteiger partial charge on any atom is -0.469 e. The van der Waals surface area contributed by atoms with Crippen LogP contribution in [0.3, 0.4) is 0 Å². The highest BCUT2D eigenvalue weighted by molar-refractivity contribution is 5.85. The van der Waals surface area contributed by atoms with E-state index in [4.69, 9.17) is 15.2 Å². The van der Waals surface area contributed by atoms with Gasteiger partial charge in [-0.3, -0.25) is 4.79 Å². The molecule has 4 nitrogen and oxygen atoms in total. The second-order valence-electron chi connectivity index (χ2n) is 5.57. The van der Waals surface area contributed by atoms with E-state index < -0.39 is 0 Å². The Labute approximate surface area is 142 Å². The zero-order valence-corrected chi connectivity index (χ0v) is 13.8. The molecule has 1 aliphatic carbocycles. The van der Waals surface area contributed by atoms with Gasteiger partial charge in [-0.05, 0) is 54.7 Å². The van der Waals surface area contributed by atoms with E-state index in [1.54, 1.807) is 6.07 Å². The van der Waals surface area contributed by atoms with Gasteiger partial charge >= 0.3 is 5.97 Å². The third kappa shape index (κ3) is 3.96. The van der Waals surface area contributed by atoms with Crippen LogP contribution in [0.2, 0.25) is 0 Å². The third-order valence-electron chi connectivity index (χ3n) is 4.03. The van der Waals surface area contributed by atoms with Crippen molar-refractivity contribution in [3.63, 3.8) is 0 Å². The molecular formula is C18H20ClNO3. The number of carbonyl (C=O) groups is 1. The van der Waals surface area contributed by atoms with Gasteiger partial charge in [-0.25, -0.2) is 0 Å². The highest BCUT2D eigenvalue weighted by Gasteiger charge is 2.25. The van der Waals surface area contributed by atoms with E-state index >= 15 is 0 Å². The minimum atomic E-state index is -0.132. The summed E-state index contributed by atoms with van der Waals surface area (Å²) in [7, 11) is 1.44. The number of hydrogen-bond acceptors (Lipinski definition) is 4. The highest BCUT2D eigenvalue weighted by atomic mass is 35.5. The predicted octanol–water partition coefficient (Wildman–Crippen LogP) is 3.76. The Bertz CT molecular complexity index is 702. The number of ether oxygens (including phenoxy) is 2. The normalized spacial score (nSPS) is 16.0. The number of fused-ring (bicyclic) bond motifs is 1. The molecule has 1 aliphatic rings. The van der Waals surface area contributed by atoms with Crippen LogP contribution < -0.4 is 10.5 Å². The van der Waals surface area contributed by atoms with Gasteiger partial charge in [0.05, 0.1) is 13.0 Å². The van der Waals surface area contributed by atoms with E-state index in [-0.39, 0.29) is 24.3 Å². The van der Waals surface area contributed by atoms with Crippen LogP contribution in [0.15, 0.2) is 42.5 Å². The van der Waals surface area contributed by atoms with Gasteiger partial charge in [-0.2, -0.15) is 0 Å². The first-order valence-electron chi connectivity index (χ1n) is 7.39. The lowest BCUT2D eigenvalue weighted by Crippen LogP contribution is -2.23. The molecule has 2 N–H and O–H groups in total. The van der Waals surface area contributed by atoms with Gasteiger partial charge in [0.15, 0.2) is 0 Å². The molecule has 0 amide bonds. The molecule has 0 saturated carbocycles. The zero-order valence-electron chi connectivity index (χ0n) is 13.0. The first-order chi connectivity index (χ1) is 10.7. The Balaban J connectivity index is 0.00000192. The summed E-state index contributed by atoms with van der Waals surface area (Å²) < 4.78 is 10.7. The van der Waals surface area contributed by atoms with Crippen LogP contribution in [0.5, 0.6) is 11.5 Å². The van der Waals surface area contributed by atoms with Gasteiger partial charge in [0, 0.05) is 11.8 Å². The van der Waals surface area contributed by atoms with Crippen molar-refractivity contribution < 1.29 is 14.3 Å². The molecule has 23 heavy (non-hydrogen) atoms. The summed E-state index contributed by atoms with van der Waals surface area (Å²) in [6.45, 7) is 0. The molecule has 1 atom stereocenters. The lowest BCUT2D eigenvalue weighted by molar-refractivity contribution is -0.145. The van der Waals surface area contributed by atoms with Crippen molar-refractivity contribution in [3.8, 4) is 11.5 Å². The first kappa shape index (κ1) is 17.2. The summed E-state index contributed by atoms with van der Waals surface area (Å²) in [4.78, 5) is 11.7. The average Bonchev–Trinajstić information content (AvgIpc) is 2.53. The number of nitrogens with two attached hydrogens (primary N) is 1. The summed E-state index contributed by atoms with van der Waals surface area (Å²) in [6, 6.07) is 13.4. The Kier molecular flexibility index (Phi) is 5.50. The number of anilines is 1. The molecule has 0 radical (unpaired) electrons. The fourth-order valence-corrected chi connectivity index (χ4v) is 2.88. The standard InChI is InChI=1S/C18H19NO3.ClH/c1-21-18(20)13-6-5-12-7-8-17(10-14(12)9-13)22-16-4-2-3-15(19)11-16;/h2-4,7-8,10-11,13H,5-6,9,19H2,1H3;1H. The predicted molar refractivity (Wildman–Crippen MR) is 92.1 cm³/mol. The Morgan fingerprint density at radius 1 is 1.13 bits per heavy atom. The molecule has 122 valence electrons. The van der Waals surface area contributed by atoms with Gasteiger partial charge in [0.25, 0.3) is 0 Å². The van der Waals surface area contributed by atoms with Gasteiger partial charge in [0.2, 0.25) is 0 Å². The number of esters is 1. The van der Waals surface area contributed by atoms with E-state index in [0.29, 0.717) is 17.9 Å². The summed E-state index contributed by atoms with van der Waals surface area (Å²) in [5.41, 5.74) is 8.86. The molecule has 2 aromatic rings. The molecule has 5 heteroatoms. The summed E-state index contributed by atoms with van der Waals surface area (Å²) in [5.74, 6) is 1.28. The highest BCUT2D eigenvalue weighted by Crippen LogP contribution is 2.31. The van der Waals surface area contributed by atoms with Crippen LogP contribution >= 0.6 is 12.4 Å². The van der Waals surface area contributed by atoms with E-state index in [1.165, 1.54) is 12.7 Å². The molecule has 0 heterocycles. The van der Waals surface area contributed by atoms with Crippen molar-refractivity contribution in [2.45, 2.75) is 19.3 Å². The lowest BCUT2D eigenvalue weighted by atomic mass is 9.84. The van der Waals surface area contributed by atoms with Crippen molar-refractivity contribution in [1.82, 2.24) is 0 Å². The lowest BCUT2D eigenvalue weighted by Gasteiger charge is -2.23. The number of halogens is 1. The SMILES string of the molecule is COC(=O)C1CCc2ccc(Oc3cccc(N)c3)cc2C1.Cl. The van der Waals surface area contributed by atoms with Crippen LogP contribution in [0.1, 0.15) is 17.5 Å². The van der Waals surface area contributed by atoms with E-state index in [1.807, 2.05) is 30.3 Å². The van der Waals surface area contributed by atoms with Crippen LogP contribution in [-0.2, 0) is 22.4 Å². The van der Waals surface area contributed by atoms with E-state index in [2.05, 4.69) is 6.07 Å². The first-order valence-corrected chi connectivity index (χ1v) is 7.39. The van der Waals surface area contributed by atoms with Crippen molar-refractivity contribution in [3.05, 3.63) is 53.6 Å². The Hall–Kier alpha value is -2.20. The fraction of sp³-hybridized carbons (Fsp3) is 0.278. The van der Waals surface area contributed by atoms with Gasteiger partial charge in [0.1, 0.15) is 11.5 Å². The molecule has 0 bridgehead atoms. The summed E-state index contributed by atoms with van der Waals surface area (Å²) in [6.07, 6.45) is 2.44. The number of carbonyl (C=O) groups excluding carboxylic acids is 1. The molecule has 0 fully saturated rings. The molecule has 1 unspecified atom stereocenters. The summed E-state index contributed by atoms with van der Waals surface area (Å²) in [5, 5.41) is 0. The van der Waals surface area contributed by atoms with Gasteiger partial charge in [-0.15, -0.1) is 12.4 Å². The van der Waals surface area contributed by atoms with Crippen LogP contribution in [0.4, 0.5) is 5.69 Å². The van der Waals surface area contributed by atoms with Crippen LogP contribution in [-0.4, -0.2) is 13.1 Å². The number of hydrogen-bond donors (Lipinski definition) is 1. The Morgan fingerprint density at radius 3 is 2.65 bits per heavy atom. The minimum absolute atomic E-state index is 0. The largest absolute Gasteiger partial charge is 0.469 e. The molecule has 2 aromatic carbocycles. The molecule has 0 saturated heterocycles. The number of aryl methyl sites for hydroxylation is 1. The van der Waals surface area contributed by atoms with Crippen LogP contribution in [0, 0.1) is 5.92 Å². The van der Waals surface area contributed by atoms with Gasteiger partial charge < -0.3 is 15.2 Å². The monoisotopic (exact) mass is 333 g/mol. The molecule has 0 aromatic heterocycles. The number of benzene rings is 2. The second kappa shape index (κ2) is 7.38. The molecule has 0 spiro atoms. The quantitative estimate of drug-likeness (QED) is 0.686. The smallest absolute Gasteiger partial charge is 0.309 e. The number of rotatable bonds is 3. The van der Waals surface area contributed by atoms with Crippen molar-refractivity contribution in [1.29, 1.82) is 0 Å². The van der Waals surface area contributed by atoms with E-state index in [9.17, 15) is 4.79 Å². The topological polar surface area (TPSA) is 61.5 Å². The number of methoxy groups -OCH3 is 1. The molecule has 3 rings (SSSR count).